The molecule has 158 valence electrons. The minimum Gasteiger partial charge on any atom is -0.338 e. The van der Waals surface area contributed by atoms with Crippen LogP contribution < -0.4 is 5.32 Å². The Morgan fingerprint density at radius 3 is 2.16 bits per heavy atom. The molecule has 2 aromatic heterocycles. The average molecular weight is 431 g/mol. The molecule has 5 aromatic rings. The van der Waals surface area contributed by atoms with Crippen LogP contribution in [0, 0.1) is 0 Å². The van der Waals surface area contributed by atoms with Crippen molar-refractivity contribution in [1.82, 2.24) is 19.7 Å². The Kier molecular flexibility index (Phi) is 4.82. The van der Waals surface area contributed by atoms with Crippen LogP contribution in [0.15, 0.2) is 91.5 Å². The fourth-order valence-electron chi connectivity index (χ4n) is 3.49. The van der Waals surface area contributed by atoms with Crippen LogP contribution >= 0.6 is 0 Å². The molecule has 0 aliphatic carbocycles. The standard InChI is InChI=1S/C24H16F3N5/c25-24(26,27)17-7-9-18(10-8-17)29-23-21-4-2-1-3-20(21)22(30-31-23)16-5-11-19(12-6-16)32-14-13-28-15-32/h1-15H,(H,29,31). The van der Waals surface area contributed by atoms with Crippen LogP contribution in [-0.2, 0) is 6.18 Å². The number of nitrogens with one attached hydrogen (secondary N) is 1. The van der Waals surface area contributed by atoms with Gasteiger partial charge in [-0.3, -0.25) is 0 Å². The largest absolute Gasteiger partial charge is 0.416 e. The number of imidazole rings is 1. The van der Waals surface area contributed by atoms with E-state index in [1.807, 2.05) is 59.3 Å². The van der Waals surface area contributed by atoms with Crippen LogP contribution in [0.3, 0.4) is 0 Å². The number of benzene rings is 3. The number of fused-ring (bicyclic) bond motifs is 1. The molecule has 0 atom stereocenters. The highest BCUT2D eigenvalue weighted by atomic mass is 19.4. The maximum atomic E-state index is 12.8. The van der Waals surface area contributed by atoms with E-state index < -0.39 is 11.7 Å². The van der Waals surface area contributed by atoms with Crippen molar-refractivity contribution < 1.29 is 13.2 Å². The summed E-state index contributed by atoms with van der Waals surface area (Å²) in [6.07, 6.45) is 0.938. The number of halogens is 3. The first-order valence-corrected chi connectivity index (χ1v) is 9.77. The van der Waals surface area contributed by atoms with Gasteiger partial charge in [0, 0.05) is 40.1 Å². The molecule has 3 aromatic carbocycles. The molecule has 0 spiro atoms. The van der Waals surface area contributed by atoms with Crippen molar-refractivity contribution in [2.75, 3.05) is 5.32 Å². The smallest absolute Gasteiger partial charge is 0.338 e. The van der Waals surface area contributed by atoms with E-state index in [0.29, 0.717) is 11.5 Å². The first kappa shape index (κ1) is 19.7. The van der Waals surface area contributed by atoms with E-state index in [1.54, 1.807) is 12.5 Å². The van der Waals surface area contributed by atoms with Crippen LogP contribution in [0.2, 0.25) is 0 Å². The van der Waals surface area contributed by atoms with Gasteiger partial charge in [0.25, 0.3) is 0 Å². The van der Waals surface area contributed by atoms with Crippen molar-refractivity contribution in [3.8, 4) is 16.9 Å². The van der Waals surface area contributed by atoms with Crippen molar-refractivity contribution in [3.05, 3.63) is 97.1 Å². The highest BCUT2D eigenvalue weighted by Crippen LogP contribution is 2.33. The van der Waals surface area contributed by atoms with Crippen LogP contribution in [-0.4, -0.2) is 19.7 Å². The lowest BCUT2D eigenvalue weighted by molar-refractivity contribution is -0.137. The number of anilines is 2. The van der Waals surface area contributed by atoms with Crippen molar-refractivity contribution in [2.24, 2.45) is 0 Å². The van der Waals surface area contributed by atoms with Crippen molar-refractivity contribution in [1.29, 1.82) is 0 Å². The topological polar surface area (TPSA) is 55.6 Å². The zero-order valence-corrected chi connectivity index (χ0v) is 16.6. The third kappa shape index (κ3) is 3.78. The van der Waals surface area contributed by atoms with Gasteiger partial charge < -0.3 is 9.88 Å². The summed E-state index contributed by atoms with van der Waals surface area (Å²) in [5, 5.41) is 13.5. The molecule has 2 heterocycles. The summed E-state index contributed by atoms with van der Waals surface area (Å²) >= 11 is 0. The van der Waals surface area contributed by atoms with E-state index in [4.69, 9.17) is 0 Å². The fourth-order valence-corrected chi connectivity index (χ4v) is 3.49. The molecule has 8 heteroatoms. The van der Waals surface area contributed by atoms with Gasteiger partial charge in [-0.25, -0.2) is 4.98 Å². The molecule has 32 heavy (non-hydrogen) atoms. The second-order valence-electron chi connectivity index (χ2n) is 7.16. The number of rotatable bonds is 4. The molecule has 1 N–H and O–H groups in total. The van der Waals surface area contributed by atoms with E-state index >= 15 is 0 Å². The maximum Gasteiger partial charge on any atom is 0.416 e. The molecule has 0 aliphatic heterocycles. The second kappa shape index (κ2) is 7.81. The lowest BCUT2D eigenvalue weighted by Crippen LogP contribution is -2.05. The molecule has 0 unspecified atom stereocenters. The van der Waals surface area contributed by atoms with E-state index in [-0.39, 0.29) is 0 Å². The molecule has 0 amide bonds. The van der Waals surface area contributed by atoms with Crippen molar-refractivity contribution >= 4 is 22.3 Å². The molecule has 0 saturated carbocycles. The highest BCUT2D eigenvalue weighted by Gasteiger charge is 2.30. The van der Waals surface area contributed by atoms with Gasteiger partial charge in [0.15, 0.2) is 5.82 Å². The van der Waals surface area contributed by atoms with Crippen LogP contribution in [0.4, 0.5) is 24.7 Å². The summed E-state index contributed by atoms with van der Waals surface area (Å²) in [5.74, 6) is 0.471. The molecule has 0 saturated heterocycles. The minimum absolute atomic E-state index is 0.471. The first-order valence-electron chi connectivity index (χ1n) is 9.77. The third-order valence-electron chi connectivity index (χ3n) is 5.11. The Bertz CT molecular complexity index is 1360. The Morgan fingerprint density at radius 2 is 1.50 bits per heavy atom. The molecular weight excluding hydrogens is 415 g/mol. The van der Waals surface area contributed by atoms with Crippen molar-refractivity contribution in [2.45, 2.75) is 6.18 Å². The van der Waals surface area contributed by atoms with Crippen molar-refractivity contribution in [3.63, 3.8) is 0 Å². The number of hydrogen-bond acceptors (Lipinski definition) is 4. The summed E-state index contributed by atoms with van der Waals surface area (Å²) < 4.78 is 40.4. The van der Waals surface area contributed by atoms with E-state index in [0.717, 1.165) is 39.8 Å². The lowest BCUT2D eigenvalue weighted by Gasteiger charge is -2.12. The molecule has 0 bridgehead atoms. The zero-order chi connectivity index (χ0) is 22.1. The van der Waals surface area contributed by atoms with Gasteiger partial charge in [0.2, 0.25) is 0 Å². The molecule has 0 fully saturated rings. The van der Waals surface area contributed by atoms with Gasteiger partial charge in [-0.2, -0.15) is 13.2 Å². The SMILES string of the molecule is FC(F)(F)c1ccc(Nc2nnc(-c3ccc(-n4ccnc4)cc3)c3ccccc23)cc1. The quantitative estimate of drug-likeness (QED) is 0.366. The predicted molar refractivity (Wildman–Crippen MR) is 117 cm³/mol. The van der Waals surface area contributed by atoms with Gasteiger partial charge in [-0.15, -0.1) is 10.2 Å². The maximum absolute atomic E-state index is 12.8. The first-order chi connectivity index (χ1) is 15.5. The average Bonchev–Trinajstić information content (AvgIpc) is 3.34. The normalized spacial score (nSPS) is 11.6. The summed E-state index contributed by atoms with van der Waals surface area (Å²) in [6, 6.07) is 20.4. The van der Waals surface area contributed by atoms with Gasteiger partial charge in [-0.1, -0.05) is 36.4 Å². The number of aromatic nitrogens is 4. The summed E-state index contributed by atoms with van der Waals surface area (Å²) in [4.78, 5) is 4.06. The number of alkyl halides is 3. The third-order valence-corrected chi connectivity index (χ3v) is 5.11. The van der Waals surface area contributed by atoms with Gasteiger partial charge in [0.1, 0.15) is 5.69 Å². The van der Waals surface area contributed by atoms with Crippen LogP contribution in [0.5, 0.6) is 0 Å². The predicted octanol–water partition coefficient (Wildman–Crippen LogP) is 6.24. The van der Waals surface area contributed by atoms with Crippen LogP contribution in [0.1, 0.15) is 5.56 Å². The summed E-state index contributed by atoms with van der Waals surface area (Å²) in [5.41, 5.74) is 2.39. The second-order valence-corrected chi connectivity index (χ2v) is 7.16. The fraction of sp³-hybridized carbons (Fsp3) is 0.0417. The van der Waals surface area contributed by atoms with E-state index in [9.17, 15) is 13.2 Å². The monoisotopic (exact) mass is 431 g/mol. The van der Waals surface area contributed by atoms with Gasteiger partial charge in [0.05, 0.1) is 11.9 Å². The Morgan fingerprint density at radius 1 is 0.781 bits per heavy atom. The molecule has 5 nitrogen and oxygen atoms in total. The van der Waals surface area contributed by atoms with Gasteiger partial charge in [-0.05, 0) is 36.4 Å². The van der Waals surface area contributed by atoms with E-state index in [1.165, 1.54) is 12.1 Å². The number of nitrogens with zero attached hydrogens (tertiary/aromatic N) is 4. The van der Waals surface area contributed by atoms with E-state index in [2.05, 4.69) is 20.5 Å². The minimum atomic E-state index is -4.37. The number of hydrogen-bond donors (Lipinski definition) is 1. The highest BCUT2D eigenvalue weighted by molar-refractivity contribution is 6.00. The summed E-state index contributed by atoms with van der Waals surface area (Å²) in [7, 11) is 0. The zero-order valence-electron chi connectivity index (χ0n) is 16.6. The van der Waals surface area contributed by atoms with Gasteiger partial charge >= 0.3 is 6.18 Å². The lowest BCUT2D eigenvalue weighted by atomic mass is 10.0. The molecular formula is C24H16F3N5. The summed E-state index contributed by atoms with van der Waals surface area (Å²) in [6.45, 7) is 0. The Balaban J connectivity index is 1.49. The molecule has 0 aliphatic rings. The Labute approximate surface area is 181 Å². The van der Waals surface area contributed by atoms with Crippen LogP contribution in [0.25, 0.3) is 27.7 Å². The Hall–Kier alpha value is -4.20. The molecule has 0 radical (unpaired) electrons. The molecule has 5 rings (SSSR count).